The van der Waals surface area contributed by atoms with Crippen LogP contribution in [0.1, 0.15) is 43.2 Å². The molecule has 1 N–H and O–H groups in total. The van der Waals surface area contributed by atoms with Gasteiger partial charge in [-0.1, -0.05) is 74.0 Å². The number of hydrogen-bond donors (Lipinski definition) is 1. The summed E-state index contributed by atoms with van der Waals surface area (Å²) in [6.07, 6.45) is 0.772. The maximum Gasteiger partial charge on any atom is 0.345 e. The zero-order valence-corrected chi connectivity index (χ0v) is 13.7. The molecule has 0 unspecified atom stereocenters. The molecule has 126 valence electrons. The van der Waals surface area contributed by atoms with Crippen molar-refractivity contribution in [3.8, 4) is 0 Å². The van der Waals surface area contributed by atoms with Gasteiger partial charge >= 0.3 is 11.9 Å². The number of carbonyl (C=O) groups excluding carboxylic acids is 1. The van der Waals surface area contributed by atoms with Gasteiger partial charge in [-0.15, -0.1) is 0 Å². The SMILES string of the molecule is CCCC[C@@H](OC(=O)C(c1ccccc1)c1ccccc1)C(=O)O. The van der Waals surface area contributed by atoms with Crippen molar-refractivity contribution in [1.82, 2.24) is 0 Å². The van der Waals surface area contributed by atoms with E-state index < -0.39 is 24.0 Å². The van der Waals surface area contributed by atoms with Crippen LogP contribution >= 0.6 is 0 Å². The minimum atomic E-state index is -1.10. The van der Waals surface area contributed by atoms with E-state index in [9.17, 15) is 14.7 Å². The van der Waals surface area contributed by atoms with E-state index in [1.807, 2.05) is 67.6 Å². The van der Waals surface area contributed by atoms with E-state index in [1.54, 1.807) is 0 Å². The molecule has 1 atom stereocenters. The predicted molar refractivity (Wildman–Crippen MR) is 91.8 cm³/mol. The summed E-state index contributed by atoms with van der Waals surface area (Å²) in [7, 11) is 0. The van der Waals surface area contributed by atoms with Crippen molar-refractivity contribution in [1.29, 1.82) is 0 Å². The highest BCUT2D eigenvalue weighted by Gasteiger charge is 2.29. The molecule has 0 aliphatic rings. The van der Waals surface area contributed by atoms with Crippen LogP contribution < -0.4 is 0 Å². The predicted octanol–water partition coefficient (Wildman–Crippen LogP) is 4.01. The number of esters is 1. The zero-order chi connectivity index (χ0) is 17.4. The van der Waals surface area contributed by atoms with Gasteiger partial charge in [0.25, 0.3) is 0 Å². The molecule has 24 heavy (non-hydrogen) atoms. The Bertz CT molecular complexity index is 612. The molecule has 0 heterocycles. The number of carboxylic acids is 1. The molecule has 0 saturated heterocycles. The Kier molecular flexibility index (Phi) is 6.55. The number of unbranched alkanes of at least 4 members (excludes halogenated alkanes) is 1. The fraction of sp³-hybridized carbons (Fsp3) is 0.300. The molecule has 4 heteroatoms. The fourth-order valence-corrected chi connectivity index (χ4v) is 2.59. The van der Waals surface area contributed by atoms with Crippen LogP contribution in [0.3, 0.4) is 0 Å². The monoisotopic (exact) mass is 326 g/mol. The normalized spacial score (nSPS) is 11.9. The summed E-state index contributed by atoms with van der Waals surface area (Å²) >= 11 is 0. The van der Waals surface area contributed by atoms with Gasteiger partial charge in [0, 0.05) is 0 Å². The van der Waals surface area contributed by atoms with Crippen molar-refractivity contribution in [2.45, 2.75) is 38.2 Å². The molecule has 0 aliphatic heterocycles. The lowest BCUT2D eigenvalue weighted by Crippen LogP contribution is -2.30. The zero-order valence-electron chi connectivity index (χ0n) is 13.7. The summed E-state index contributed by atoms with van der Waals surface area (Å²) in [6, 6.07) is 18.5. The van der Waals surface area contributed by atoms with E-state index in [1.165, 1.54) is 0 Å². The molecule has 0 aliphatic carbocycles. The van der Waals surface area contributed by atoms with Crippen molar-refractivity contribution < 1.29 is 19.4 Å². The van der Waals surface area contributed by atoms with Gasteiger partial charge in [0.05, 0.1) is 0 Å². The van der Waals surface area contributed by atoms with Gasteiger partial charge in [-0.2, -0.15) is 0 Å². The highest BCUT2D eigenvalue weighted by atomic mass is 16.6. The number of carboxylic acid groups (broad SMARTS) is 1. The van der Waals surface area contributed by atoms with Crippen LogP contribution in [0.2, 0.25) is 0 Å². The first kappa shape index (κ1) is 17.7. The summed E-state index contributed by atoms with van der Waals surface area (Å²) in [6.45, 7) is 1.97. The van der Waals surface area contributed by atoms with Gasteiger partial charge in [0.1, 0.15) is 5.92 Å². The van der Waals surface area contributed by atoms with Crippen LogP contribution in [-0.4, -0.2) is 23.1 Å². The maximum atomic E-state index is 12.7. The first-order valence-electron chi connectivity index (χ1n) is 8.16. The quantitative estimate of drug-likeness (QED) is 0.745. The Morgan fingerprint density at radius 3 is 1.88 bits per heavy atom. The average molecular weight is 326 g/mol. The van der Waals surface area contributed by atoms with Gasteiger partial charge in [0.15, 0.2) is 6.10 Å². The van der Waals surface area contributed by atoms with Crippen LogP contribution in [0.4, 0.5) is 0 Å². The van der Waals surface area contributed by atoms with Gasteiger partial charge in [-0.3, -0.25) is 4.79 Å². The molecular weight excluding hydrogens is 304 g/mol. The molecule has 0 bridgehead atoms. The second-order valence-corrected chi connectivity index (χ2v) is 5.66. The van der Waals surface area contributed by atoms with Crippen LogP contribution in [0.15, 0.2) is 60.7 Å². The number of carbonyl (C=O) groups is 2. The molecule has 0 fully saturated rings. The van der Waals surface area contributed by atoms with Crippen LogP contribution in [0.25, 0.3) is 0 Å². The van der Waals surface area contributed by atoms with Crippen molar-refractivity contribution >= 4 is 11.9 Å². The number of rotatable bonds is 8. The van der Waals surface area contributed by atoms with Crippen molar-refractivity contribution in [2.75, 3.05) is 0 Å². The highest BCUT2D eigenvalue weighted by molar-refractivity contribution is 5.85. The molecule has 2 rings (SSSR count). The van der Waals surface area contributed by atoms with E-state index in [-0.39, 0.29) is 0 Å². The summed E-state index contributed by atoms with van der Waals surface area (Å²) in [5, 5.41) is 9.29. The van der Waals surface area contributed by atoms with Gasteiger partial charge < -0.3 is 9.84 Å². The smallest absolute Gasteiger partial charge is 0.345 e. The molecule has 0 saturated carbocycles. The molecule has 4 nitrogen and oxygen atoms in total. The largest absolute Gasteiger partial charge is 0.479 e. The molecule has 0 amide bonds. The third kappa shape index (κ3) is 4.69. The molecule has 0 aromatic heterocycles. The lowest BCUT2D eigenvalue weighted by molar-refractivity contribution is -0.165. The van der Waals surface area contributed by atoms with Gasteiger partial charge in [-0.25, -0.2) is 4.79 Å². The first-order chi connectivity index (χ1) is 11.6. The third-order valence-corrected chi connectivity index (χ3v) is 3.86. The maximum absolute atomic E-state index is 12.7. The standard InChI is InChI=1S/C20H22O4/c1-2-3-14-17(19(21)22)24-20(23)18(15-10-6-4-7-11-15)16-12-8-5-9-13-16/h4-13,17-18H,2-3,14H2,1H3,(H,21,22)/t17-/m1/s1. The number of aliphatic carboxylic acids is 1. The minimum Gasteiger partial charge on any atom is -0.479 e. The lowest BCUT2D eigenvalue weighted by Gasteiger charge is -2.20. The minimum absolute atomic E-state index is 0.327. The number of ether oxygens (including phenoxy) is 1. The molecule has 0 spiro atoms. The summed E-state index contributed by atoms with van der Waals surface area (Å²) < 4.78 is 5.35. The van der Waals surface area contributed by atoms with Crippen molar-refractivity contribution in [3.05, 3.63) is 71.8 Å². The Hall–Kier alpha value is -2.62. The molecule has 2 aromatic carbocycles. The third-order valence-electron chi connectivity index (χ3n) is 3.86. The van der Waals surface area contributed by atoms with Gasteiger partial charge in [-0.05, 0) is 24.0 Å². The van der Waals surface area contributed by atoms with Crippen LogP contribution in [-0.2, 0) is 14.3 Å². The van der Waals surface area contributed by atoms with E-state index in [0.717, 1.165) is 17.5 Å². The summed E-state index contributed by atoms with van der Waals surface area (Å²) in [5.74, 6) is -2.26. The van der Waals surface area contributed by atoms with E-state index in [0.29, 0.717) is 12.8 Å². The van der Waals surface area contributed by atoms with Gasteiger partial charge in [0.2, 0.25) is 0 Å². The van der Waals surface area contributed by atoms with E-state index in [4.69, 9.17) is 4.74 Å². The molecule has 2 aromatic rings. The highest BCUT2D eigenvalue weighted by Crippen LogP contribution is 2.27. The van der Waals surface area contributed by atoms with Crippen molar-refractivity contribution in [2.24, 2.45) is 0 Å². The number of benzene rings is 2. The Morgan fingerprint density at radius 2 is 1.46 bits per heavy atom. The molecular formula is C20H22O4. The Morgan fingerprint density at radius 1 is 0.958 bits per heavy atom. The average Bonchev–Trinajstić information content (AvgIpc) is 2.60. The van der Waals surface area contributed by atoms with Crippen LogP contribution in [0.5, 0.6) is 0 Å². The number of hydrogen-bond acceptors (Lipinski definition) is 3. The first-order valence-corrected chi connectivity index (χ1v) is 8.16. The summed E-state index contributed by atoms with van der Waals surface area (Å²) in [5.41, 5.74) is 1.57. The topological polar surface area (TPSA) is 63.6 Å². The fourth-order valence-electron chi connectivity index (χ4n) is 2.59. The second-order valence-electron chi connectivity index (χ2n) is 5.66. The Balaban J connectivity index is 2.26. The van der Waals surface area contributed by atoms with Crippen molar-refractivity contribution in [3.63, 3.8) is 0 Å². The second kappa shape index (κ2) is 8.87. The lowest BCUT2D eigenvalue weighted by atomic mass is 9.91. The molecule has 0 radical (unpaired) electrons. The summed E-state index contributed by atoms with van der Waals surface area (Å²) in [4.78, 5) is 24.1. The van der Waals surface area contributed by atoms with Crippen LogP contribution in [0, 0.1) is 0 Å². The Labute approximate surface area is 142 Å². The van der Waals surface area contributed by atoms with E-state index in [2.05, 4.69) is 0 Å². The van der Waals surface area contributed by atoms with E-state index >= 15 is 0 Å².